The van der Waals surface area contributed by atoms with E-state index in [1.807, 2.05) is 0 Å². The molecule has 0 heterocycles. The highest BCUT2D eigenvalue weighted by molar-refractivity contribution is 7.89. The van der Waals surface area contributed by atoms with E-state index >= 15 is 0 Å². The molecule has 2 rings (SSSR count). The Morgan fingerprint density at radius 3 is 2.25 bits per heavy atom. The summed E-state index contributed by atoms with van der Waals surface area (Å²) < 4.78 is 26.7. The lowest BCUT2D eigenvalue weighted by Gasteiger charge is -2.28. The molecule has 0 atom stereocenters. The lowest BCUT2D eigenvalue weighted by Crippen LogP contribution is -2.56. The van der Waals surface area contributed by atoms with Crippen molar-refractivity contribution >= 4 is 10.0 Å². The van der Waals surface area contributed by atoms with Gasteiger partial charge in [-0.1, -0.05) is 6.07 Å². The van der Waals surface area contributed by atoms with E-state index in [9.17, 15) is 23.7 Å². The van der Waals surface area contributed by atoms with Gasteiger partial charge in [0.05, 0.1) is 24.7 Å². The van der Waals surface area contributed by atoms with E-state index in [1.54, 1.807) is 12.1 Å². The van der Waals surface area contributed by atoms with Crippen LogP contribution in [0.2, 0.25) is 0 Å². The molecule has 0 saturated heterocycles. The van der Waals surface area contributed by atoms with Gasteiger partial charge in [-0.3, -0.25) is 0 Å². The topological polar surface area (TPSA) is 107 Å². The summed E-state index contributed by atoms with van der Waals surface area (Å²) in [5.74, 6) is 0. The van der Waals surface area contributed by atoms with Crippen molar-refractivity contribution in [2.75, 3.05) is 19.8 Å². The third kappa shape index (κ3) is 2.87. The van der Waals surface area contributed by atoms with Crippen molar-refractivity contribution in [3.05, 3.63) is 29.3 Å². The quantitative estimate of drug-likeness (QED) is 0.549. The van der Waals surface area contributed by atoms with Crippen LogP contribution in [0.5, 0.6) is 0 Å². The van der Waals surface area contributed by atoms with Crippen molar-refractivity contribution in [2.45, 2.75) is 29.7 Å². The maximum absolute atomic E-state index is 12.3. The Hall–Kier alpha value is -0.990. The highest BCUT2D eigenvalue weighted by atomic mass is 32.2. The molecule has 112 valence electrons. The minimum atomic E-state index is -3.91. The van der Waals surface area contributed by atoms with Crippen LogP contribution >= 0.6 is 0 Å². The molecular formula is C13H19NO5S. The van der Waals surface area contributed by atoms with Gasteiger partial charge in [-0.25, -0.2) is 8.42 Å². The fourth-order valence-electron chi connectivity index (χ4n) is 2.31. The smallest absolute Gasteiger partial charge is 0.241 e. The second-order valence-electron chi connectivity index (χ2n) is 5.14. The first-order valence-electron chi connectivity index (χ1n) is 6.45. The molecule has 0 radical (unpaired) electrons. The summed E-state index contributed by atoms with van der Waals surface area (Å²) in [6.45, 7) is -2.07. The monoisotopic (exact) mass is 301 g/mol. The summed E-state index contributed by atoms with van der Waals surface area (Å²) in [7, 11) is -3.91. The number of sulfonamides is 1. The van der Waals surface area contributed by atoms with Gasteiger partial charge in [0.15, 0.2) is 0 Å². The number of hydrogen-bond acceptors (Lipinski definition) is 5. The maximum atomic E-state index is 12.3. The average Bonchev–Trinajstić information content (AvgIpc) is 2.92. The van der Waals surface area contributed by atoms with Crippen molar-refractivity contribution in [1.29, 1.82) is 0 Å². The van der Waals surface area contributed by atoms with Crippen LogP contribution in [0, 0.1) is 0 Å². The molecule has 1 aliphatic rings. The van der Waals surface area contributed by atoms with Gasteiger partial charge in [0.25, 0.3) is 0 Å². The van der Waals surface area contributed by atoms with Crippen LogP contribution in [0.15, 0.2) is 23.1 Å². The highest BCUT2D eigenvalue weighted by Gasteiger charge is 2.34. The van der Waals surface area contributed by atoms with Crippen LogP contribution < -0.4 is 4.72 Å². The Morgan fingerprint density at radius 1 is 1.05 bits per heavy atom. The van der Waals surface area contributed by atoms with E-state index in [0.29, 0.717) is 0 Å². The molecule has 0 amide bonds. The molecule has 20 heavy (non-hydrogen) atoms. The van der Waals surface area contributed by atoms with Gasteiger partial charge in [0.2, 0.25) is 10.0 Å². The summed E-state index contributed by atoms with van der Waals surface area (Å²) in [6, 6.07) is 4.90. The van der Waals surface area contributed by atoms with Gasteiger partial charge in [-0.15, -0.1) is 0 Å². The first-order chi connectivity index (χ1) is 9.46. The highest BCUT2D eigenvalue weighted by Crippen LogP contribution is 2.25. The van der Waals surface area contributed by atoms with Gasteiger partial charge in [0, 0.05) is 0 Å². The van der Waals surface area contributed by atoms with E-state index < -0.39 is 35.4 Å². The molecule has 4 N–H and O–H groups in total. The number of aryl methyl sites for hydroxylation is 2. The second-order valence-corrected chi connectivity index (χ2v) is 6.83. The number of aliphatic hydroxyl groups is 3. The second kappa shape index (κ2) is 5.79. The van der Waals surface area contributed by atoms with E-state index in [1.165, 1.54) is 6.07 Å². The van der Waals surface area contributed by atoms with Gasteiger partial charge < -0.3 is 15.3 Å². The summed E-state index contributed by atoms with van der Waals surface area (Å²) in [6.07, 6.45) is 2.82. The normalized spacial score (nSPS) is 15.3. The zero-order chi connectivity index (χ0) is 14.8. The molecule has 6 nitrogen and oxygen atoms in total. The summed E-state index contributed by atoms with van der Waals surface area (Å²) in [4.78, 5) is 0.0814. The Morgan fingerprint density at radius 2 is 1.65 bits per heavy atom. The molecule has 7 heteroatoms. The zero-order valence-electron chi connectivity index (χ0n) is 11.0. The van der Waals surface area contributed by atoms with Crippen molar-refractivity contribution < 1.29 is 23.7 Å². The predicted molar refractivity (Wildman–Crippen MR) is 72.8 cm³/mol. The molecule has 1 aromatic carbocycles. The Balaban J connectivity index is 2.31. The van der Waals surface area contributed by atoms with Crippen molar-refractivity contribution in [3.8, 4) is 0 Å². The van der Waals surface area contributed by atoms with Crippen LogP contribution in [0.4, 0.5) is 0 Å². The van der Waals surface area contributed by atoms with Crippen molar-refractivity contribution in [3.63, 3.8) is 0 Å². The minimum Gasteiger partial charge on any atom is -0.394 e. The molecule has 1 aliphatic carbocycles. The summed E-state index contributed by atoms with van der Waals surface area (Å²) in [5.41, 5.74) is 0.509. The van der Waals surface area contributed by atoms with E-state index in [2.05, 4.69) is 4.72 Å². The molecule has 0 spiro atoms. The minimum absolute atomic E-state index is 0.0814. The first-order valence-corrected chi connectivity index (χ1v) is 7.93. The zero-order valence-corrected chi connectivity index (χ0v) is 11.9. The van der Waals surface area contributed by atoms with Gasteiger partial charge in [-0.05, 0) is 42.5 Å². The number of rotatable bonds is 6. The molecule has 0 aliphatic heterocycles. The van der Waals surface area contributed by atoms with E-state index in [4.69, 9.17) is 0 Å². The fraction of sp³-hybridized carbons (Fsp3) is 0.538. The average molecular weight is 301 g/mol. The molecular weight excluding hydrogens is 282 g/mol. The third-order valence-corrected chi connectivity index (χ3v) is 5.22. The number of fused-ring (bicyclic) bond motifs is 1. The predicted octanol–water partition coefficient (Wildman–Crippen LogP) is -0.831. The maximum Gasteiger partial charge on any atom is 0.241 e. The Labute approximate surface area is 118 Å². The van der Waals surface area contributed by atoms with Gasteiger partial charge in [0.1, 0.15) is 5.54 Å². The van der Waals surface area contributed by atoms with Gasteiger partial charge >= 0.3 is 0 Å². The number of aliphatic hydroxyl groups excluding tert-OH is 3. The summed E-state index contributed by atoms with van der Waals surface area (Å²) >= 11 is 0. The molecule has 0 unspecified atom stereocenters. The molecule has 0 saturated carbocycles. The van der Waals surface area contributed by atoms with Crippen LogP contribution in [0.25, 0.3) is 0 Å². The van der Waals surface area contributed by atoms with Crippen LogP contribution in [0.3, 0.4) is 0 Å². The van der Waals surface area contributed by atoms with Crippen molar-refractivity contribution in [1.82, 2.24) is 4.72 Å². The molecule has 0 aromatic heterocycles. The van der Waals surface area contributed by atoms with Crippen molar-refractivity contribution in [2.24, 2.45) is 0 Å². The Kier molecular flexibility index (Phi) is 4.46. The van der Waals surface area contributed by atoms with Crippen LogP contribution in [0.1, 0.15) is 17.5 Å². The van der Waals surface area contributed by atoms with E-state index in [-0.39, 0.29) is 4.90 Å². The lowest BCUT2D eigenvalue weighted by atomic mass is 10.1. The number of benzene rings is 1. The largest absolute Gasteiger partial charge is 0.394 e. The lowest BCUT2D eigenvalue weighted by molar-refractivity contribution is 0.0582. The fourth-order valence-corrected chi connectivity index (χ4v) is 3.73. The van der Waals surface area contributed by atoms with Crippen LogP contribution in [-0.2, 0) is 22.9 Å². The molecule has 0 fully saturated rings. The molecule has 0 bridgehead atoms. The van der Waals surface area contributed by atoms with E-state index in [0.717, 1.165) is 30.4 Å². The third-order valence-electron chi connectivity index (χ3n) is 3.64. The number of nitrogens with one attached hydrogen (secondary N) is 1. The molecule has 1 aromatic rings. The standard InChI is InChI=1S/C13H19NO5S/c15-7-13(8-16,9-17)14-20(18,19)12-5-4-10-2-1-3-11(10)6-12/h4-6,14-17H,1-3,7-9H2. The van der Waals surface area contributed by atoms with Crippen LogP contribution in [-0.4, -0.2) is 49.1 Å². The summed E-state index contributed by atoms with van der Waals surface area (Å²) in [5, 5.41) is 27.6. The number of hydrogen-bond donors (Lipinski definition) is 4. The first kappa shape index (κ1) is 15.4. The Bertz CT molecular complexity index is 572. The van der Waals surface area contributed by atoms with Gasteiger partial charge in [-0.2, -0.15) is 4.72 Å². The SMILES string of the molecule is O=S(=O)(NC(CO)(CO)CO)c1ccc2c(c1)CCC2.